The molecule has 1 aromatic carbocycles. The fourth-order valence-corrected chi connectivity index (χ4v) is 3.42. The van der Waals surface area contributed by atoms with Gasteiger partial charge in [-0.15, -0.1) is 0 Å². The SMILES string of the molecule is CCC1(O)CCCN(c2nc(-c3cc(F)cc(F)c3)ns2)C1. The number of aromatic nitrogens is 2. The van der Waals surface area contributed by atoms with E-state index in [0.717, 1.165) is 25.5 Å². The molecule has 7 heteroatoms. The van der Waals surface area contributed by atoms with Gasteiger partial charge in [0.1, 0.15) is 11.6 Å². The minimum absolute atomic E-state index is 0.309. The maximum absolute atomic E-state index is 13.3. The molecule has 0 spiro atoms. The fraction of sp³-hybridized carbons (Fsp3) is 0.467. The third kappa shape index (κ3) is 3.10. The number of β-amino-alcohol motifs (C(OH)–C–C–N with tert-alkyl or cyclic N) is 1. The lowest BCUT2D eigenvalue weighted by atomic mass is 9.91. The van der Waals surface area contributed by atoms with Gasteiger partial charge in [0, 0.05) is 36.3 Å². The first-order chi connectivity index (χ1) is 10.5. The highest BCUT2D eigenvalue weighted by molar-refractivity contribution is 7.09. The van der Waals surface area contributed by atoms with Gasteiger partial charge in [-0.25, -0.2) is 8.78 Å². The number of aliphatic hydroxyl groups is 1. The molecule has 0 radical (unpaired) electrons. The largest absolute Gasteiger partial charge is 0.388 e. The average Bonchev–Trinajstić information content (AvgIpc) is 2.96. The van der Waals surface area contributed by atoms with E-state index in [2.05, 4.69) is 9.36 Å². The van der Waals surface area contributed by atoms with E-state index in [4.69, 9.17) is 0 Å². The minimum atomic E-state index is -0.699. The molecule has 1 N–H and O–H groups in total. The third-order valence-corrected chi connectivity index (χ3v) is 4.80. The fourth-order valence-electron chi connectivity index (χ4n) is 2.71. The summed E-state index contributed by atoms with van der Waals surface area (Å²) in [4.78, 5) is 6.37. The molecule has 3 rings (SSSR count). The lowest BCUT2D eigenvalue weighted by Gasteiger charge is -2.38. The summed E-state index contributed by atoms with van der Waals surface area (Å²) in [5.41, 5.74) is -0.377. The van der Waals surface area contributed by atoms with Crippen molar-refractivity contribution < 1.29 is 13.9 Å². The van der Waals surface area contributed by atoms with E-state index in [0.29, 0.717) is 29.5 Å². The van der Waals surface area contributed by atoms with E-state index < -0.39 is 17.2 Å². The summed E-state index contributed by atoms with van der Waals surface area (Å²) in [5.74, 6) is -0.988. The van der Waals surface area contributed by atoms with Crippen molar-refractivity contribution in [3.05, 3.63) is 29.8 Å². The van der Waals surface area contributed by atoms with Crippen LogP contribution in [-0.2, 0) is 0 Å². The van der Waals surface area contributed by atoms with Gasteiger partial charge < -0.3 is 10.0 Å². The number of benzene rings is 1. The van der Waals surface area contributed by atoms with Gasteiger partial charge in [-0.1, -0.05) is 6.92 Å². The van der Waals surface area contributed by atoms with E-state index >= 15 is 0 Å². The number of hydrogen-bond acceptors (Lipinski definition) is 5. The first-order valence-corrected chi connectivity index (χ1v) is 8.04. The molecular weight excluding hydrogens is 308 g/mol. The van der Waals surface area contributed by atoms with Crippen molar-refractivity contribution in [2.75, 3.05) is 18.0 Å². The van der Waals surface area contributed by atoms with E-state index in [1.807, 2.05) is 11.8 Å². The zero-order chi connectivity index (χ0) is 15.7. The molecule has 2 heterocycles. The van der Waals surface area contributed by atoms with Crippen LogP contribution in [0.5, 0.6) is 0 Å². The van der Waals surface area contributed by atoms with Gasteiger partial charge in [0.2, 0.25) is 5.13 Å². The van der Waals surface area contributed by atoms with Gasteiger partial charge in [0.05, 0.1) is 5.60 Å². The average molecular weight is 325 g/mol. The number of anilines is 1. The zero-order valence-electron chi connectivity index (χ0n) is 12.2. The highest BCUT2D eigenvalue weighted by Gasteiger charge is 2.32. The Bertz CT molecular complexity index is 658. The van der Waals surface area contributed by atoms with Crippen molar-refractivity contribution in [3.63, 3.8) is 0 Å². The third-order valence-electron chi connectivity index (χ3n) is 4.02. The van der Waals surface area contributed by atoms with Crippen LogP contribution in [0.1, 0.15) is 26.2 Å². The highest BCUT2D eigenvalue weighted by atomic mass is 32.1. The van der Waals surface area contributed by atoms with Crippen LogP contribution in [-0.4, -0.2) is 33.2 Å². The van der Waals surface area contributed by atoms with Gasteiger partial charge in [0.25, 0.3) is 0 Å². The van der Waals surface area contributed by atoms with Crippen LogP contribution in [0.3, 0.4) is 0 Å². The Kier molecular flexibility index (Phi) is 4.10. The topological polar surface area (TPSA) is 49.2 Å². The summed E-state index contributed by atoms with van der Waals surface area (Å²) in [6.45, 7) is 3.27. The first-order valence-electron chi connectivity index (χ1n) is 7.26. The van der Waals surface area contributed by atoms with Crippen molar-refractivity contribution in [2.24, 2.45) is 0 Å². The molecule has 0 saturated carbocycles. The van der Waals surface area contributed by atoms with Crippen molar-refractivity contribution in [3.8, 4) is 11.4 Å². The lowest BCUT2D eigenvalue weighted by Crippen LogP contribution is -2.47. The Hall–Kier alpha value is -1.60. The van der Waals surface area contributed by atoms with E-state index in [9.17, 15) is 13.9 Å². The predicted octanol–water partition coefficient (Wildman–Crippen LogP) is 3.22. The standard InChI is InChI=1S/C15H17F2N3OS/c1-2-15(21)4-3-5-20(9-15)14-18-13(19-22-14)10-6-11(16)8-12(17)7-10/h6-8,21H,2-5,9H2,1H3. The molecule has 118 valence electrons. The number of rotatable bonds is 3. The second-order valence-electron chi connectivity index (χ2n) is 5.66. The number of hydrogen-bond donors (Lipinski definition) is 1. The second kappa shape index (κ2) is 5.89. The molecule has 1 aromatic heterocycles. The van der Waals surface area contributed by atoms with Crippen LogP contribution in [0, 0.1) is 11.6 Å². The molecule has 1 fully saturated rings. The Morgan fingerprint density at radius 1 is 1.32 bits per heavy atom. The van der Waals surface area contributed by atoms with Gasteiger partial charge in [-0.3, -0.25) is 0 Å². The number of piperidine rings is 1. The lowest BCUT2D eigenvalue weighted by molar-refractivity contribution is 0.0223. The minimum Gasteiger partial charge on any atom is -0.388 e. The molecular formula is C15H17F2N3OS. The first kappa shape index (κ1) is 15.3. The number of halogens is 2. The predicted molar refractivity (Wildman–Crippen MR) is 81.9 cm³/mol. The monoisotopic (exact) mass is 325 g/mol. The quantitative estimate of drug-likeness (QED) is 0.941. The maximum atomic E-state index is 13.3. The molecule has 2 aromatic rings. The Balaban J connectivity index is 1.84. The van der Waals surface area contributed by atoms with Crippen LogP contribution in [0.4, 0.5) is 13.9 Å². The summed E-state index contributed by atoms with van der Waals surface area (Å²) >= 11 is 1.18. The van der Waals surface area contributed by atoms with Crippen LogP contribution in [0.25, 0.3) is 11.4 Å². The molecule has 1 aliphatic heterocycles. The van der Waals surface area contributed by atoms with Gasteiger partial charge >= 0.3 is 0 Å². The van der Waals surface area contributed by atoms with Crippen LogP contribution >= 0.6 is 11.5 Å². The number of nitrogens with zero attached hydrogens (tertiary/aromatic N) is 3. The molecule has 1 atom stereocenters. The van der Waals surface area contributed by atoms with E-state index in [-0.39, 0.29) is 0 Å². The Labute approximate surface area is 131 Å². The maximum Gasteiger partial charge on any atom is 0.205 e. The van der Waals surface area contributed by atoms with Gasteiger partial charge in [-0.2, -0.15) is 9.36 Å². The van der Waals surface area contributed by atoms with Crippen molar-refractivity contribution in [2.45, 2.75) is 31.8 Å². The molecule has 0 bridgehead atoms. The van der Waals surface area contributed by atoms with Gasteiger partial charge in [0.15, 0.2) is 5.82 Å². The van der Waals surface area contributed by atoms with Crippen molar-refractivity contribution >= 4 is 16.7 Å². The summed E-state index contributed by atoms with van der Waals surface area (Å²) in [7, 11) is 0. The van der Waals surface area contributed by atoms with Crippen LogP contribution in [0.2, 0.25) is 0 Å². The molecule has 0 amide bonds. The summed E-state index contributed by atoms with van der Waals surface area (Å²) in [6, 6.07) is 3.25. The molecule has 0 aliphatic carbocycles. The van der Waals surface area contributed by atoms with Crippen molar-refractivity contribution in [1.82, 2.24) is 9.36 Å². The van der Waals surface area contributed by atoms with E-state index in [1.54, 1.807) is 0 Å². The summed E-state index contributed by atoms with van der Waals surface area (Å²) < 4.78 is 30.8. The van der Waals surface area contributed by atoms with Crippen molar-refractivity contribution in [1.29, 1.82) is 0 Å². The molecule has 1 unspecified atom stereocenters. The smallest absolute Gasteiger partial charge is 0.205 e. The molecule has 4 nitrogen and oxygen atoms in total. The summed E-state index contributed by atoms with van der Waals surface area (Å²) in [5, 5.41) is 11.1. The second-order valence-corrected chi connectivity index (χ2v) is 6.39. The van der Waals surface area contributed by atoms with Crippen LogP contribution in [0.15, 0.2) is 18.2 Å². The summed E-state index contributed by atoms with van der Waals surface area (Å²) in [6.07, 6.45) is 2.35. The zero-order valence-corrected chi connectivity index (χ0v) is 13.0. The molecule has 22 heavy (non-hydrogen) atoms. The van der Waals surface area contributed by atoms with Crippen LogP contribution < -0.4 is 4.90 Å². The molecule has 1 saturated heterocycles. The van der Waals surface area contributed by atoms with Gasteiger partial charge in [-0.05, 0) is 31.4 Å². The Morgan fingerprint density at radius 3 is 2.73 bits per heavy atom. The normalized spacial score (nSPS) is 22.1. The Morgan fingerprint density at radius 2 is 2.05 bits per heavy atom. The molecule has 1 aliphatic rings. The highest BCUT2D eigenvalue weighted by Crippen LogP contribution is 2.31. The van der Waals surface area contributed by atoms with E-state index in [1.165, 1.54) is 23.7 Å².